The number of hydrogen-bond donors (Lipinski definition) is 5. The zero-order valence-corrected chi connectivity index (χ0v) is 38.8. The molecule has 4 aromatic rings. The number of rotatable bonds is 15. The number of pyridine rings is 1. The van der Waals surface area contributed by atoms with Crippen molar-refractivity contribution in [1.29, 1.82) is 0 Å². The number of carbonyl (C=O) groups excluding carboxylic acids is 5. The smallest absolute Gasteiger partial charge is 0.318 e. The average molecular weight is 922 g/mol. The fraction of sp³-hybridized carbons (Fsp3) is 0.429. The topological polar surface area (TPSA) is 228 Å². The largest absolute Gasteiger partial charge is 0.497 e. The number of urea groups is 1. The molecule has 2 aliphatic carbocycles. The highest BCUT2D eigenvalue weighted by molar-refractivity contribution is 7.90. The molecule has 6 unspecified atom stereocenters. The van der Waals surface area contributed by atoms with Crippen LogP contribution in [-0.2, 0) is 29.2 Å². The van der Waals surface area contributed by atoms with Gasteiger partial charge in [0.1, 0.15) is 40.8 Å². The van der Waals surface area contributed by atoms with E-state index < -0.39 is 80.3 Å². The minimum Gasteiger partial charge on any atom is -0.497 e. The first-order valence-corrected chi connectivity index (χ1v) is 23.7. The lowest BCUT2D eigenvalue weighted by atomic mass is 9.74. The molecular formula is C49H59N7O9S. The first-order chi connectivity index (χ1) is 31.3. The summed E-state index contributed by atoms with van der Waals surface area (Å²) in [5.41, 5.74) is 3.97. The predicted octanol–water partition coefficient (Wildman–Crippen LogP) is 5.36. The molecule has 16 nitrogen and oxygen atoms in total. The highest BCUT2D eigenvalue weighted by Gasteiger charge is 2.61. The second-order valence-electron chi connectivity index (χ2n) is 18.8. The minimum absolute atomic E-state index is 0.0534. The van der Waals surface area contributed by atoms with E-state index in [0.717, 1.165) is 24.8 Å². The first-order valence-electron chi connectivity index (χ1n) is 22.3. The number of aromatic nitrogens is 1. The van der Waals surface area contributed by atoms with E-state index in [0.29, 0.717) is 40.9 Å². The number of nitrogens with two attached hydrogens (primary N) is 1. The van der Waals surface area contributed by atoms with Gasteiger partial charge in [-0.2, -0.15) is 0 Å². The van der Waals surface area contributed by atoms with Crippen molar-refractivity contribution in [2.45, 2.75) is 107 Å². The highest BCUT2D eigenvalue weighted by atomic mass is 32.2. The van der Waals surface area contributed by atoms with Gasteiger partial charge in [-0.3, -0.25) is 19.2 Å². The van der Waals surface area contributed by atoms with E-state index in [1.54, 1.807) is 59.1 Å². The van der Waals surface area contributed by atoms with Crippen LogP contribution in [0.1, 0.15) is 72.6 Å². The number of carbonyl (C=O) groups is 5. The third-order valence-electron chi connectivity index (χ3n) is 13.2. The Kier molecular flexibility index (Phi) is 13.5. The maximum absolute atomic E-state index is 14.7. The number of nitrogens with zero attached hydrogens (tertiary/aromatic N) is 2. The number of sulfonamides is 1. The molecule has 66 heavy (non-hydrogen) atoms. The molecule has 1 saturated heterocycles. The fourth-order valence-corrected chi connectivity index (χ4v) is 10.2. The molecule has 350 valence electrons. The number of amides is 6. The number of hydrogen-bond acceptors (Lipinski definition) is 10. The Hall–Kier alpha value is -6.49. The molecule has 6 N–H and O–H groups in total. The van der Waals surface area contributed by atoms with Gasteiger partial charge in [0.15, 0.2) is 0 Å². The second kappa shape index (κ2) is 18.8. The SMILES string of the molecule is C=CC1CC1(NC(=O)C1CC(Oc2cc(-c3ccccc3)nc3cc(OC)ccc23)CN1C(=O)NC(C(=O)NC(C)(C(N)=O)C1CCCCC1)C(C)(C)C)C(=O)NS(=O)(=O)c1ccccc1. The van der Waals surface area contributed by atoms with Crippen LogP contribution < -0.4 is 35.9 Å². The molecule has 0 bridgehead atoms. The van der Waals surface area contributed by atoms with Crippen molar-refractivity contribution in [3.05, 3.63) is 97.6 Å². The summed E-state index contributed by atoms with van der Waals surface area (Å²) in [5.74, 6) is -2.84. The van der Waals surface area contributed by atoms with Crippen molar-refractivity contribution in [3.8, 4) is 22.8 Å². The van der Waals surface area contributed by atoms with Crippen LogP contribution in [-0.4, -0.2) is 90.9 Å². The zero-order valence-electron chi connectivity index (χ0n) is 38.0. The Morgan fingerprint density at radius 3 is 2.21 bits per heavy atom. The van der Waals surface area contributed by atoms with Crippen LogP contribution in [0.4, 0.5) is 4.79 Å². The summed E-state index contributed by atoms with van der Waals surface area (Å²) >= 11 is 0. The molecule has 6 amide bonds. The summed E-state index contributed by atoms with van der Waals surface area (Å²) in [6.45, 7) is 10.6. The summed E-state index contributed by atoms with van der Waals surface area (Å²) < 4.78 is 40.9. The van der Waals surface area contributed by atoms with Gasteiger partial charge in [-0.15, -0.1) is 6.58 Å². The number of benzene rings is 3. The van der Waals surface area contributed by atoms with Gasteiger partial charge in [0.2, 0.25) is 17.7 Å². The first kappa shape index (κ1) is 47.5. The maximum atomic E-state index is 14.7. The van der Waals surface area contributed by atoms with Gasteiger partial charge < -0.3 is 36.1 Å². The van der Waals surface area contributed by atoms with E-state index in [4.69, 9.17) is 20.2 Å². The molecule has 1 aromatic heterocycles. The van der Waals surface area contributed by atoms with Crippen LogP contribution >= 0.6 is 0 Å². The number of nitrogens with one attached hydrogen (secondary N) is 4. The van der Waals surface area contributed by atoms with Crippen LogP contribution in [0.3, 0.4) is 0 Å². The third kappa shape index (κ3) is 9.86. The Bertz CT molecular complexity index is 2620. The highest BCUT2D eigenvalue weighted by Crippen LogP contribution is 2.45. The molecule has 0 spiro atoms. The van der Waals surface area contributed by atoms with E-state index >= 15 is 0 Å². The molecule has 1 aliphatic heterocycles. The van der Waals surface area contributed by atoms with Crippen molar-refractivity contribution >= 4 is 50.6 Å². The Balaban J connectivity index is 1.21. The standard InChI is InChI=1S/C49H59N7O9S/c1-7-31-28-49(31,45(60)55-66(62,63)35-21-15-10-16-22-35)54-42(57)39-26-34(65-40-27-37(30-17-11-8-12-18-30)51-38-25-33(64-6)23-24-36(38)40)29-56(39)46(61)52-41(47(2,3)4)43(58)53-48(5,44(50)59)32-19-13-9-14-20-32/h7-8,10-12,15-18,21-25,27,31-32,34,39,41H,1,9,13-14,19-20,26,28-29H2,2-6H3,(H2,50,59)(H,52,61)(H,53,58)(H,54,57)(H,55,60). The molecule has 7 rings (SSSR count). The van der Waals surface area contributed by atoms with Crippen molar-refractivity contribution < 1.29 is 41.9 Å². The van der Waals surface area contributed by atoms with Crippen LogP contribution in [0.15, 0.2) is 102 Å². The van der Waals surface area contributed by atoms with Gasteiger partial charge >= 0.3 is 6.03 Å². The molecule has 3 aliphatic rings. The minimum atomic E-state index is -4.32. The van der Waals surface area contributed by atoms with Crippen molar-refractivity contribution in [3.63, 3.8) is 0 Å². The quantitative estimate of drug-likeness (QED) is 0.0959. The Morgan fingerprint density at radius 1 is 0.939 bits per heavy atom. The van der Waals surface area contributed by atoms with Crippen molar-refractivity contribution in [2.24, 2.45) is 23.0 Å². The number of ether oxygens (including phenoxy) is 2. The van der Waals surface area contributed by atoms with E-state index in [1.807, 2.05) is 36.4 Å². The van der Waals surface area contributed by atoms with Crippen molar-refractivity contribution in [2.75, 3.05) is 13.7 Å². The van der Waals surface area contributed by atoms with E-state index in [2.05, 4.69) is 27.3 Å². The van der Waals surface area contributed by atoms with Gasteiger partial charge in [-0.05, 0) is 61.8 Å². The lowest BCUT2D eigenvalue weighted by Crippen LogP contribution is -2.66. The molecule has 17 heteroatoms. The van der Waals surface area contributed by atoms with Gasteiger partial charge in [0.05, 0.1) is 29.8 Å². The lowest BCUT2D eigenvalue weighted by molar-refractivity contribution is -0.136. The summed E-state index contributed by atoms with van der Waals surface area (Å²) in [5, 5.41) is 9.21. The second-order valence-corrected chi connectivity index (χ2v) is 20.5. The van der Waals surface area contributed by atoms with Gasteiger partial charge in [0, 0.05) is 35.4 Å². The van der Waals surface area contributed by atoms with Gasteiger partial charge in [-0.25, -0.2) is 22.9 Å². The Morgan fingerprint density at radius 2 is 1.61 bits per heavy atom. The van der Waals surface area contributed by atoms with Crippen molar-refractivity contribution in [1.82, 2.24) is 30.6 Å². The van der Waals surface area contributed by atoms with E-state index in [-0.39, 0.29) is 30.2 Å². The third-order valence-corrected chi connectivity index (χ3v) is 14.6. The molecule has 3 fully saturated rings. The lowest BCUT2D eigenvalue weighted by Gasteiger charge is -2.40. The number of methoxy groups -OCH3 is 1. The number of fused-ring (bicyclic) bond motifs is 1. The van der Waals surface area contributed by atoms with E-state index in [9.17, 15) is 32.4 Å². The molecule has 0 radical (unpaired) electrons. The van der Waals surface area contributed by atoms with Gasteiger partial charge in [0.25, 0.3) is 15.9 Å². The number of likely N-dealkylation sites (tertiary alicyclic amines) is 1. The summed E-state index contributed by atoms with van der Waals surface area (Å²) in [7, 11) is -2.77. The van der Waals surface area contributed by atoms with Crippen LogP contribution in [0.2, 0.25) is 0 Å². The van der Waals surface area contributed by atoms with Crippen LogP contribution in [0.5, 0.6) is 11.5 Å². The molecule has 3 aromatic carbocycles. The normalized spacial score (nSPS) is 22.3. The average Bonchev–Trinajstić information content (AvgIpc) is 3.86. The Labute approximate surface area is 385 Å². The monoisotopic (exact) mass is 921 g/mol. The fourth-order valence-electron chi connectivity index (χ4n) is 9.16. The van der Waals surface area contributed by atoms with Gasteiger partial charge in [-0.1, -0.05) is 94.6 Å². The molecule has 2 saturated carbocycles. The maximum Gasteiger partial charge on any atom is 0.318 e. The summed E-state index contributed by atoms with van der Waals surface area (Å²) in [4.78, 5) is 76.7. The predicted molar refractivity (Wildman–Crippen MR) is 248 cm³/mol. The molecule has 2 heterocycles. The number of primary amides is 1. The zero-order chi connectivity index (χ0) is 47.6. The van der Waals surface area contributed by atoms with Crippen LogP contribution in [0, 0.1) is 17.3 Å². The van der Waals surface area contributed by atoms with E-state index in [1.165, 1.54) is 35.2 Å². The summed E-state index contributed by atoms with van der Waals surface area (Å²) in [6, 6.07) is 20.7. The summed E-state index contributed by atoms with van der Waals surface area (Å²) in [6.07, 6.45) is 4.85. The molecular weight excluding hydrogens is 863 g/mol. The van der Waals surface area contributed by atoms with Crippen LogP contribution in [0.25, 0.3) is 22.2 Å². The molecule has 6 atom stereocenters.